The van der Waals surface area contributed by atoms with Gasteiger partial charge in [0.2, 0.25) is 5.91 Å². The van der Waals surface area contributed by atoms with Crippen molar-refractivity contribution in [3.05, 3.63) is 65.7 Å². The Morgan fingerprint density at radius 2 is 1.76 bits per heavy atom. The van der Waals surface area contributed by atoms with Crippen molar-refractivity contribution >= 4 is 17.5 Å². The number of hydrogen-bond donors (Lipinski definition) is 1. The molecule has 3 rings (SSSR count). The van der Waals surface area contributed by atoms with Crippen LogP contribution in [0.1, 0.15) is 28.8 Å². The third kappa shape index (κ3) is 4.45. The van der Waals surface area contributed by atoms with Gasteiger partial charge in [-0.25, -0.2) is 0 Å². The number of benzene rings is 2. The number of nitrogens with zero attached hydrogens (tertiary/aromatic N) is 2. The van der Waals surface area contributed by atoms with Crippen LogP contribution in [-0.4, -0.2) is 24.9 Å². The number of anilines is 1. The van der Waals surface area contributed by atoms with E-state index in [1.165, 1.54) is 0 Å². The molecule has 1 N–H and O–H groups in total. The van der Waals surface area contributed by atoms with Gasteiger partial charge in [-0.15, -0.1) is 0 Å². The number of carbonyl (C=O) groups is 2. The Kier molecular flexibility index (Phi) is 5.10. The van der Waals surface area contributed by atoms with Gasteiger partial charge < -0.3 is 10.2 Å². The zero-order chi connectivity index (χ0) is 17.6. The first-order valence-corrected chi connectivity index (χ1v) is 8.31. The van der Waals surface area contributed by atoms with E-state index in [-0.39, 0.29) is 18.4 Å². The summed E-state index contributed by atoms with van der Waals surface area (Å²) in [5.74, 6) is 0.107. The van der Waals surface area contributed by atoms with Crippen molar-refractivity contribution in [1.82, 2.24) is 5.32 Å². The molecule has 0 radical (unpaired) electrons. The van der Waals surface area contributed by atoms with Crippen LogP contribution in [0.2, 0.25) is 0 Å². The third-order valence-corrected chi connectivity index (χ3v) is 4.18. The molecule has 1 saturated carbocycles. The molecule has 25 heavy (non-hydrogen) atoms. The van der Waals surface area contributed by atoms with E-state index in [1.807, 2.05) is 36.4 Å². The molecule has 0 aromatic heterocycles. The van der Waals surface area contributed by atoms with Crippen molar-refractivity contribution in [2.24, 2.45) is 5.92 Å². The summed E-state index contributed by atoms with van der Waals surface area (Å²) in [7, 11) is 0. The number of amides is 2. The molecule has 1 aliphatic carbocycles. The van der Waals surface area contributed by atoms with Crippen LogP contribution in [0.3, 0.4) is 0 Å². The highest BCUT2D eigenvalue weighted by Gasteiger charge is 2.27. The molecule has 1 fully saturated rings. The number of nitriles is 1. The first-order valence-electron chi connectivity index (χ1n) is 8.31. The van der Waals surface area contributed by atoms with Crippen LogP contribution in [0.15, 0.2) is 54.6 Å². The number of hydrogen-bond acceptors (Lipinski definition) is 3. The predicted octanol–water partition coefficient (Wildman–Crippen LogP) is 2.73. The fourth-order valence-electron chi connectivity index (χ4n) is 2.57. The molecule has 2 aromatic carbocycles. The summed E-state index contributed by atoms with van der Waals surface area (Å²) < 4.78 is 0. The van der Waals surface area contributed by atoms with Crippen LogP contribution >= 0.6 is 0 Å². The maximum absolute atomic E-state index is 12.6. The average Bonchev–Trinajstić information content (AvgIpc) is 3.49. The van der Waals surface area contributed by atoms with Crippen molar-refractivity contribution in [2.45, 2.75) is 12.8 Å². The van der Waals surface area contributed by atoms with Gasteiger partial charge in [-0.2, -0.15) is 5.26 Å². The second-order valence-corrected chi connectivity index (χ2v) is 6.16. The first kappa shape index (κ1) is 16.7. The van der Waals surface area contributed by atoms with Gasteiger partial charge in [0.1, 0.15) is 0 Å². The monoisotopic (exact) mass is 333 g/mol. The van der Waals surface area contributed by atoms with E-state index in [4.69, 9.17) is 5.26 Å². The Morgan fingerprint density at radius 1 is 1.08 bits per heavy atom. The van der Waals surface area contributed by atoms with Crippen molar-refractivity contribution in [3.63, 3.8) is 0 Å². The molecular formula is C20H19N3O2. The van der Waals surface area contributed by atoms with E-state index in [9.17, 15) is 9.59 Å². The minimum atomic E-state index is -0.322. The van der Waals surface area contributed by atoms with E-state index < -0.39 is 0 Å². The largest absolute Gasteiger partial charge is 0.343 e. The molecule has 0 aliphatic heterocycles. The minimum absolute atomic E-state index is 0.0551. The lowest BCUT2D eigenvalue weighted by molar-refractivity contribution is -0.117. The van der Waals surface area contributed by atoms with Crippen molar-refractivity contribution < 1.29 is 9.59 Å². The summed E-state index contributed by atoms with van der Waals surface area (Å²) in [4.78, 5) is 26.5. The molecule has 0 unspecified atom stereocenters. The van der Waals surface area contributed by atoms with Gasteiger partial charge in [-0.1, -0.05) is 18.2 Å². The first-order chi connectivity index (χ1) is 12.2. The van der Waals surface area contributed by atoms with Crippen LogP contribution < -0.4 is 10.2 Å². The van der Waals surface area contributed by atoms with Crippen molar-refractivity contribution in [2.75, 3.05) is 18.0 Å². The van der Waals surface area contributed by atoms with E-state index in [0.717, 1.165) is 18.5 Å². The number of nitrogens with one attached hydrogen (secondary N) is 1. The lowest BCUT2D eigenvalue weighted by Gasteiger charge is -2.23. The molecular weight excluding hydrogens is 314 g/mol. The maximum Gasteiger partial charge on any atom is 0.251 e. The van der Waals surface area contributed by atoms with Gasteiger partial charge >= 0.3 is 0 Å². The fraction of sp³-hybridized carbons (Fsp3) is 0.250. The summed E-state index contributed by atoms with van der Waals surface area (Å²) in [5.41, 5.74) is 1.78. The van der Waals surface area contributed by atoms with Gasteiger partial charge in [0.05, 0.1) is 18.2 Å². The van der Waals surface area contributed by atoms with Gasteiger partial charge in [0, 0.05) is 17.8 Å². The molecule has 0 saturated heterocycles. The Morgan fingerprint density at radius 3 is 2.36 bits per heavy atom. The second-order valence-electron chi connectivity index (χ2n) is 6.16. The zero-order valence-electron chi connectivity index (χ0n) is 13.8. The molecule has 5 nitrogen and oxygen atoms in total. The Hall–Kier alpha value is -3.13. The van der Waals surface area contributed by atoms with E-state index in [0.29, 0.717) is 23.6 Å². The molecule has 0 atom stereocenters. The van der Waals surface area contributed by atoms with Gasteiger partial charge in [0.15, 0.2) is 0 Å². The summed E-state index contributed by atoms with van der Waals surface area (Å²) in [5, 5.41) is 11.5. The highest BCUT2D eigenvalue weighted by molar-refractivity contribution is 6.00. The number of carbonyl (C=O) groups excluding carboxylic acids is 2. The lowest BCUT2D eigenvalue weighted by atomic mass is 10.1. The van der Waals surface area contributed by atoms with Crippen LogP contribution in [-0.2, 0) is 4.79 Å². The Bertz CT molecular complexity index is 790. The predicted molar refractivity (Wildman–Crippen MR) is 95.0 cm³/mol. The smallest absolute Gasteiger partial charge is 0.251 e. The second kappa shape index (κ2) is 7.63. The standard InChI is InChI=1S/C20H19N3O2/c21-12-15-8-10-17(11-9-15)20(25)22-13-19(24)23(14-16-6-7-16)18-4-2-1-3-5-18/h1-5,8-11,16H,6-7,13-14H2,(H,22,25). The quantitative estimate of drug-likeness (QED) is 0.883. The van der Waals surface area contributed by atoms with Gasteiger partial charge in [-0.3, -0.25) is 9.59 Å². The highest BCUT2D eigenvalue weighted by atomic mass is 16.2. The van der Waals surface area contributed by atoms with E-state index in [2.05, 4.69) is 5.32 Å². The third-order valence-electron chi connectivity index (χ3n) is 4.18. The molecule has 5 heteroatoms. The van der Waals surface area contributed by atoms with E-state index >= 15 is 0 Å². The van der Waals surface area contributed by atoms with Crippen LogP contribution in [0.4, 0.5) is 5.69 Å². The number of para-hydroxylation sites is 1. The molecule has 126 valence electrons. The summed E-state index contributed by atoms with van der Waals surface area (Å²) in [6.07, 6.45) is 2.29. The molecule has 1 aliphatic rings. The average molecular weight is 333 g/mol. The molecule has 0 spiro atoms. The normalized spacial score (nSPS) is 12.9. The minimum Gasteiger partial charge on any atom is -0.343 e. The van der Waals surface area contributed by atoms with Crippen molar-refractivity contribution in [1.29, 1.82) is 5.26 Å². The SMILES string of the molecule is N#Cc1ccc(C(=O)NCC(=O)N(CC2CC2)c2ccccc2)cc1. The van der Waals surface area contributed by atoms with Crippen LogP contribution in [0.25, 0.3) is 0 Å². The zero-order valence-corrected chi connectivity index (χ0v) is 13.8. The van der Waals surface area contributed by atoms with Crippen LogP contribution in [0.5, 0.6) is 0 Å². The Balaban J connectivity index is 1.62. The summed E-state index contributed by atoms with van der Waals surface area (Å²) in [6.45, 7) is 0.635. The topological polar surface area (TPSA) is 73.2 Å². The summed E-state index contributed by atoms with van der Waals surface area (Å²) >= 11 is 0. The number of rotatable bonds is 6. The van der Waals surface area contributed by atoms with Gasteiger partial charge in [0.25, 0.3) is 5.91 Å². The molecule has 0 heterocycles. The van der Waals surface area contributed by atoms with Gasteiger partial charge in [-0.05, 0) is 55.2 Å². The lowest BCUT2D eigenvalue weighted by Crippen LogP contribution is -2.41. The molecule has 2 amide bonds. The Labute approximate surface area is 146 Å². The fourth-order valence-corrected chi connectivity index (χ4v) is 2.57. The maximum atomic E-state index is 12.6. The van der Waals surface area contributed by atoms with Crippen LogP contribution in [0, 0.1) is 17.2 Å². The molecule has 0 bridgehead atoms. The van der Waals surface area contributed by atoms with E-state index in [1.54, 1.807) is 29.2 Å². The molecule has 2 aromatic rings. The highest BCUT2D eigenvalue weighted by Crippen LogP contribution is 2.31. The summed E-state index contributed by atoms with van der Waals surface area (Å²) in [6, 6.07) is 17.9. The van der Waals surface area contributed by atoms with Crippen molar-refractivity contribution in [3.8, 4) is 6.07 Å².